The van der Waals surface area contributed by atoms with Crippen molar-refractivity contribution in [3.05, 3.63) is 63.9 Å². The molecule has 2 atom stereocenters. The number of likely N-dealkylation sites (tertiary alicyclic amines) is 1. The second-order valence-corrected chi connectivity index (χ2v) is 11.4. The van der Waals surface area contributed by atoms with Crippen LogP contribution in [-0.2, 0) is 33.6 Å². The van der Waals surface area contributed by atoms with Crippen LogP contribution < -0.4 is 10.1 Å². The second kappa shape index (κ2) is 11.8. The number of alkyl halides is 3. The fourth-order valence-electron chi connectivity index (χ4n) is 4.79. The van der Waals surface area contributed by atoms with Gasteiger partial charge in [0.1, 0.15) is 23.2 Å². The van der Waals surface area contributed by atoms with Crippen LogP contribution in [-0.4, -0.2) is 58.5 Å². The van der Waals surface area contributed by atoms with Gasteiger partial charge in [-0.1, -0.05) is 17.7 Å². The second-order valence-electron chi connectivity index (χ2n) is 11.0. The normalized spacial score (nSPS) is 19.0. The summed E-state index contributed by atoms with van der Waals surface area (Å²) < 4.78 is 64.0. The SMILES string of the molecule is CC(C)(C)OC(=O)N1C[C@@H](NC(=O)COc2ccc(Cl)c(F)c2)CC[C@@H]1C(=O)N1Cc2ccc(C(F)(F)F)cc2C1. The number of hydrogen-bond acceptors (Lipinski definition) is 5. The molecule has 0 aliphatic carbocycles. The van der Waals surface area contributed by atoms with E-state index in [4.69, 9.17) is 21.1 Å². The van der Waals surface area contributed by atoms with Crippen molar-refractivity contribution in [2.45, 2.75) is 70.6 Å². The molecule has 8 nitrogen and oxygen atoms in total. The molecule has 2 aliphatic rings. The molecule has 0 saturated carbocycles. The first-order valence-electron chi connectivity index (χ1n) is 13.0. The number of halogens is 5. The molecule has 4 rings (SSSR count). The van der Waals surface area contributed by atoms with E-state index < -0.39 is 59.8 Å². The molecule has 41 heavy (non-hydrogen) atoms. The topological polar surface area (TPSA) is 88.2 Å². The Morgan fingerprint density at radius 2 is 1.73 bits per heavy atom. The van der Waals surface area contributed by atoms with Crippen LogP contribution in [0.2, 0.25) is 5.02 Å². The van der Waals surface area contributed by atoms with E-state index in [1.807, 2.05) is 0 Å². The number of rotatable bonds is 5. The number of fused-ring (bicyclic) bond motifs is 1. The Kier molecular flexibility index (Phi) is 8.72. The molecule has 1 fully saturated rings. The summed E-state index contributed by atoms with van der Waals surface area (Å²) in [6, 6.07) is 5.70. The highest BCUT2D eigenvalue weighted by atomic mass is 35.5. The number of nitrogens with zero attached hydrogens (tertiary/aromatic N) is 2. The Labute approximate surface area is 239 Å². The third-order valence-electron chi connectivity index (χ3n) is 6.69. The number of nitrogens with one attached hydrogen (secondary N) is 1. The van der Waals surface area contributed by atoms with Gasteiger partial charge >= 0.3 is 12.3 Å². The van der Waals surface area contributed by atoms with E-state index in [1.165, 1.54) is 28.0 Å². The van der Waals surface area contributed by atoms with Crippen molar-refractivity contribution in [2.75, 3.05) is 13.2 Å². The first-order valence-corrected chi connectivity index (χ1v) is 13.3. The summed E-state index contributed by atoms with van der Waals surface area (Å²) in [5, 5.41) is 2.68. The van der Waals surface area contributed by atoms with Crippen LogP contribution in [0.25, 0.3) is 0 Å². The highest BCUT2D eigenvalue weighted by Crippen LogP contribution is 2.34. The molecular weight excluding hydrogens is 570 g/mol. The van der Waals surface area contributed by atoms with Gasteiger partial charge in [-0.3, -0.25) is 14.5 Å². The van der Waals surface area contributed by atoms with E-state index in [0.717, 1.165) is 18.2 Å². The van der Waals surface area contributed by atoms with Gasteiger partial charge in [-0.05, 0) is 69.0 Å². The zero-order chi connectivity index (χ0) is 30.1. The predicted octanol–water partition coefficient (Wildman–Crippen LogP) is 5.30. The maximum atomic E-state index is 13.6. The number of benzene rings is 2. The number of carbonyl (C=O) groups is 3. The molecule has 1 N–H and O–H groups in total. The summed E-state index contributed by atoms with van der Waals surface area (Å²) >= 11 is 5.65. The summed E-state index contributed by atoms with van der Waals surface area (Å²) in [6.07, 6.45) is -4.72. The molecule has 13 heteroatoms. The van der Waals surface area contributed by atoms with E-state index >= 15 is 0 Å². The van der Waals surface area contributed by atoms with Gasteiger partial charge in [0.05, 0.1) is 10.6 Å². The number of carbonyl (C=O) groups excluding carboxylic acids is 3. The van der Waals surface area contributed by atoms with Crippen LogP contribution in [0.15, 0.2) is 36.4 Å². The van der Waals surface area contributed by atoms with E-state index in [9.17, 15) is 31.9 Å². The molecule has 0 spiro atoms. The van der Waals surface area contributed by atoms with Crippen molar-refractivity contribution in [2.24, 2.45) is 0 Å². The average Bonchev–Trinajstić information content (AvgIpc) is 3.31. The molecule has 0 radical (unpaired) electrons. The largest absolute Gasteiger partial charge is 0.484 e. The minimum absolute atomic E-state index is 0.0143. The van der Waals surface area contributed by atoms with Crippen LogP contribution >= 0.6 is 11.6 Å². The highest BCUT2D eigenvalue weighted by molar-refractivity contribution is 6.30. The lowest BCUT2D eigenvalue weighted by atomic mass is 9.97. The molecule has 3 amide bonds. The maximum absolute atomic E-state index is 13.6. The summed E-state index contributed by atoms with van der Waals surface area (Å²) in [6.45, 7) is 4.68. The predicted molar refractivity (Wildman–Crippen MR) is 140 cm³/mol. The molecule has 0 aromatic heterocycles. The van der Waals surface area contributed by atoms with Gasteiger partial charge in [-0.2, -0.15) is 13.2 Å². The van der Waals surface area contributed by atoms with Crippen LogP contribution in [0.3, 0.4) is 0 Å². The minimum atomic E-state index is -4.50. The van der Waals surface area contributed by atoms with Gasteiger partial charge in [0.15, 0.2) is 6.61 Å². The Morgan fingerprint density at radius 1 is 1.02 bits per heavy atom. The lowest BCUT2D eigenvalue weighted by Gasteiger charge is -2.40. The molecule has 2 aromatic rings. The van der Waals surface area contributed by atoms with E-state index in [-0.39, 0.29) is 36.8 Å². The summed E-state index contributed by atoms with van der Waals surface area (Å²) in [7, 11) is 0. The van der Waals surface area contributed by atoms with Gasteiger partial charge in [0.2, 0.25) is 5.91 Å². The van der Waals surface area contributed by atoms with Crippen LogP contribution in [0.1, 0.15) is 50.3 Å². The van der Waals surface area contributed by atoms with E-state index in [0.29, 0.717) is 17.5 Å². The highest BCUT2D eigenvalue weighted by Gasteiger charge is 2.42. The lowest BCUT2D eigenvalue weighted by Crippen LogP contribution is -2.59. The smallest absolute Gasteiger partial charge is 0.416 e. The van der Waals surface area contributed by atoms with Crippen molar-refractivity contribution in [3.8, 4) is 5.75 Å². The summed E-state index contributed by atoms with van der Waals surface area (Å²) in [5.41, 5.74) is -0.641. The van der Waals surface area contributed by atoms with Gasteiger partial charge in [0, 0.05) is 31.7 Å². The lowest BCUT2D eigenvalue weighted by molar-refractivity contribution is -0.139. The summed E-state index contributed by atoms with van der Waals surface area (Å²) in [4.78, 5) is 41.9. The molecule has 0 bridgehead atoms. The first kappa shape index (κ1) is 30.4. The molecule has 2 aromatic carbocycles. The quantitative estimate of drug-likeness (QED) is 0.471. The molecule has 1 saturated heterocycles. The zero-order valence-corrected chi connectivity index (χ0v) is 23.4. The Bertz CT molecular complexity index is 1330. The third kappa shape index (κ3) is 7.60. The third-order valence-corrected chi connectivity index (χ3v) is 7.00. The Balaban J connectivity index is 1.42. The maximum Gasteiger partial charge on any atom is 0.416 e. The van der Waals surface area contributed by atoms with Crippen molar-refractivity contribution in [3.63, 3.8) is 0 Å². The first-order chi connectivity index (χ1) is 19.1. The molecule has 0 unspecified atom stereocenters. The summed E-state index contributed by atoms with van der Waals surface area (Å²) in [5.74, 6) is -1.52. The van der Waals surface area contributed by atoms with Crippen molar-refractivity contribution < 1.29 is 41.4 Å². The van der Waals surface area contributed by atoms with Crippen molar-refractivity contribution >= 4 is 29.5 Å². The van der Waals surface area contributed by atoms with E-state index in [2.05, 4.69) is 5.32 Å². The Hall–Kier alpha value is -3.54. The van der Waals surface area contributed by atoms with Crippen LogP contribution in [0, 0.1) is 5.82 Å². The molecule has 2 aliphatic heterocycles. The number of amides is 3. The average molecular weight is 600 g/mol. The van der Waals surface area contributed by atoms with Gasteiger partial charge in [-0.15, -0.1) is 0 Å². The number of piperidine rings is 1. The molecule has 2 heterocycles. The van der Waals surface area contributed by atoms with Gasteiger partial charge in [0.25, 0.3) is 5.91 Å². The molecular formula is C28H30ClF4N3O5. The van der Waals surface area contributed by atoms with Crippen molar-refractivity contribution in [1.82, 2.24) is 15.1 Å². The van der Waals surface area contributed by atoms with Crippen LogP contribution in [0.5, 0.6) is 5.75 Å². The monoisotopic (exact) mass is 599 g/mol. The fourth-order valence-corrected chi connectivity index (χ4v) is 4.91. The van der Waals surface area contributed by atoms with Crippen LogP contribution in [0.4, 0.5) is 22.4 Å². The number of hydrogen-bond donors (Lipinski definition) is 1. The Morgan fingerprint density at radius 3 is 2.39 bits per heavy atom. The standard InChI is InChI=1S/C28H30ClF4N3O5/c1-27(2,3)41-26(39)36-14-19(34-24(37)15-40-20-7-8-21(29)22(30)11-20)6-9-23(36)25(38)35-12-16-4-5-18(28(31,32)33)10-17(16)13-35/h4-5,7-8,10-11,19,23H,6,9,12-15H2,1-3H3,(H,34,37)/t19-,23+/m0/s1. The number of ether oxygens (including phenoxy) is 2. The van der Waals surface area contributed by atoms with E-state index in [1.54, 1.807) is 20.8 Å². The minimum Gasteiger partial charge on any atom is -0.484 e. The van der Waals surface area contributed by atoms with Crippen molar-refractivity contribution in [1.29, 1.82) is 0 Å². The fraction of sp³-hybridized carbons (Fsp3) is 0.464. The zero-order valence-electron chi connectivity index (χ0n) is 22.7. The van der Waals surface area contributed by atoms with Gasteiger partial charge < -0.3 is 19.7 Å². The molecule has 222 valence electrons. The van der Waals surface area contributed by atoms with Gasteiger partial charge in [-0.25, -0.2) is 9.18 Å².